The number of carbonyl (C=O) groups excluding carboxylic acids is 1. The van der Waals surface area contributed by atoms with Crippen molar-refractivity contribution in [2.75, 3.05) is 13.2 Å². The predicted molar refractivity (Wildman–Crippen MR) is 61.2 cm³/mol. The van der Waals surface area contributed by atoms with Gasteiger partial charge in [-0.1, -0.05) is 37.1 Å². The van der Waals surface area contributed by atoms with Crippen molar-refractivity contribution in [2.45, 2.75) is 26.7 Å². The van der Waals surface area contributed by atoms with E-state index in [2.05, 4.69) is 6.92 Å². The van der Waals surface area contributed by atoms with E-state index < -0.39 is 0 Å². The van der Waals surface area contributed by atoms with E-state index in [4.69, 9.17) is 4.74 Å². The fourth-order valence-corrected chi connectivity index (χ4v) is 1.31. The lowest BCUT2D eigenvalue weighted by molar-refractivity contribution is 0.0754. The second-order valence-corrected chi connectivity index (χ2v) is 3.70. The lowest BCUT2D eigenvalue weighted by Gasteiger charge is -2.03. The summed E-state index contributed by atoms with van der Waals surface area (Å²) in [5, 5.41) is 0. The second-order valence-electron chi connectivity index (χ2n) is 3.70. The number of aryl methyl sites for hydroxylation is 1. The second kappa shape index (κ2) is 6.36. The van der Waals surface area contributed by atoms with Crippen molar-refractivity contribution in [3.63, 3.8) is 0 Å². The van der Waals surface area contributed by atoms with Gasteiger partial charge >= 0.3 is 0 Å². The van der Waals surface area contributed by atoms with Gasteiger partial charge < -0.3 is 4.74 Å². The summed E-state index contributed by atoms with van der Waals surface area (Å²) >= 11 is 0. The van der Waals surface area contributed by atoms with Crippen LogP contribution in [0.4, 0.5) is 0 Å². The molecule has 0 aliphatic heterocycles. The minimum absolute atomic E-state index is 0.0646. The number of ether oxygens (including phenoxy) is 1. The molecule has 0 saturated heterocycles. The molecule has 0 aromatic heterocycles. The number of hydrogen-bond acceptors (Lipinski definition) is 2. The number of carbonyl (C=O) groups is 1. The molecule has 0 fully saturated rings. The topological polar surface area (TPSA) is 26.3 Å². The SMILES string of the molecule is CCCCOCC(=O)c1cccc(C)c1. The smallest absolute Gasteiger partial charge is 0.188 e. The highest BCUT2D eigenvalue weighted by Crippen LogP contribution is 2.05. The van der Waals surface area contributed by atoms with E-state index >= 15 is 0 Å². The zero-order valence-electron chi connectivity index (χ0n) is 9.45. The Bertz CT molecular complexity index is 318. The Morgan fingerprint density at radius 1 is 1.40 bits per heavy atom. The van der Waals surface area contributed by atoms with Gasteiger partial charge in [0.25, 0.3) is 0 Å². The number of ketones is 1. The molecule has 0 saturated carbocycles. The average molecular weight is 206 g/mol. The van der Waals surface area contributed by atoms with Crippen molar-refractivity contribution in [3.05, 3.63) is 35.4 Å². The predicted octanol–water partition coefficient (Wildman–Crippen LogP) is 2.99. The zero-order valence-corrected chi connectivity index (χ0v) is 9.45. The standard InChI is InChI=1S/C13H18O2/c1-3-4-8-15-10-13(14)12-7-5-6-11(2)9-12/h5-7,9H,3-4,8,10H2,1-2H3. The van der Waals surface area contributed by atoms with Crippen LogP contribution in [0, 0.1) is 6.92 Å². The minimum atomic E-state index is 0.0646. The summed E-state index contributed by atoms with van der Waals surface area (Å²) in [6.45, 7) is 4.96. The zero-order chi connectivity index (χ0) is 11.1. The first-order valence-corrected chi connectivity index (χ1v) is 5.41. The molecule has 1 rings (SSSR count). The van der Waals surface area contributed by atoms with Crippen molar-refractivity contribution >= 4 is 5.78 Å². The molecule has 82 valence electrons. The first kappa shape index (κ1) is 11.9. The van der Waals surface area contributed by atoms with Crippen molar-refractivity contribution in [3.8, 4) is 0 Å². The number of hydrogen-bond donors (Lipinski definition) is 0. The average Bonchev–Trinajstić information content (AvgIpc) is 2.24. The number of benzene rings is 1. The Morgan fingerprint density at radius 3 is 2.87 bits per heavy atom. The summed E-state index contributed by atoms with van der Waals surface area (Å²) in [7, 11) is 0. The Morgan fingerprint density at radius 2 is 2.20 bits per heavy atom. The molecule has 1 aromatic carbocycles. The van der Waals surface area contributed by atoms with Crippen LogP contribution in [0.3, 0.4) is 0 Å². The summed E-state index contributed by atoms with van der Waals surface area (Å²) in [5.41, 5.74) is 1.85. The van der Waals surface area contributed by atoms with Gasteiger partial charge in [0.05, 0.1) is 0 Å². The molecule has 2 heteroatoms. The molecule has 0 N–H and O–H groups in total. The molecule has 0 heterocycles. The molecule has 0 atom stereocenters. The van der Waals surface area contributed by atoms with Crippen LogP contribution in [0.25, 0.3) is 0 Å². The van der Waals surface area contributed by atoms with E-state index in [1.165, 1.54) is 0 Å². The number of rotatable bonds is 6. The van der Waals surface area contributed by atoms with Gasteiger partial charge in [0.1, 0.15) is 6.61 Å². The molecule has 0 aliphatic carbocycles. The van der Waals surface area contributed by atoms with Crippen molar-refractivity contribution in [1.29, 1.82) is 0 Å². The summed E-state index contributed by atoms with van der Waals surface area (Å²) in [5.74, 6) is 0.0646. The van der Waals surface area contributed by atoms with Crippen LogP contribution in [-0.4, -0.2) is 19.0 Å². The van der Waals surface area contributed by atoms with Gasteiger partial charge in [-0.3, -0.25) is 4.79 Å². The third kappa shape index (κ3) is 4.26. The van der Waals surface area contributed by atoms with Gasteiger partial charge in [-0.2, -0.15) is 0 Å². The van der Waals surface area contributed by atoms with E-state index in [9.17, 15) is 4.79 Å². The van der Waals surface area contributed by atoms with Crippen LogP contribution in [0.15, 0.2) is 24.3 Å². The Hall–Kier alpha value is -1.15. The molecule has 0 unspecified atom stereocenters. The first-order chi connectivity index (χ1) is 7.24. The highest BCUT2D eigenvalue weighted by molar-refractivity contribution is 5.97. The van der Waals surface area contributed by atoms with E-state index in [0.717, 1.165) is 24.0 Å². The Balaban J connectivity index is 2.40. The van der Waals surface area contributed by atoms with Crippen molar-refractivity contribution in [2.24, 2.45) is 0 Å². The Labute approximate surface area is 91.3 Å². The van der Waals surface area contributed by atoms with Crippen LogP contribution in [0.2, 0.25) is 0 Å². The van der Waals surface area contributed by atoms with Crippen LogP contribution in [0.5, 0.6) is 0 Å². The molecule has 0 spiro atoms. The molecule has 0 bridgehead atoms. The number of Topliss-reactive ketones (excluding diaryl/α,β-unsaturated/α-hetero) is 1. The van der Waals surface area contributed by atoms with E-state index in [-0.39, 0.29) is 12.4 Å². The molecule has 0 aliphatic rings. The van der Waals surface area contributed by atoms with Gasteiger partial charge in [0, 0.05) is 12.2 Å². The largest absolute Gasteiger partial charge is 0.373 e. The van der Waals surface area contributed by atoms with Crippen molar-refractivity contribution in [1.82, 2.24) is 0 Å². The van der Waals surface area contributed by atoms with Crippen LogP contribution >= 0.6 is 0 Å². The summed E-state index contributed by atoms with van der Waals surface area (Å²) < 4.78 is 5.28. The highest BCUT2D eigenvalue weighted by Gasteiger charge is 2.05. The molecular formula is C13H18O2. The van der Waals surface area contributed by atoms with Crippen LogP contribution < -0.4 is 0 Å². The van der Waals surface area contributed by atoms with Gasteiger partial charge in [0.15, 0.2) is 5.78 Å². The summed E-state index contributed by atoms with van der Waals surface area (Å²) in [6, 6.07) is 7.60. The monoisotopic (exact) mass is 206 g/mol. The summed E-state index contributed by atoms with van der Waals surface area (Å²) in [6.07, 6.45) is 2.11. The molecular weight excluding hydrogens is 188 g/mol. The fraction of sp³-hybridized carbons (Fsp3) is 0.462. The van der Waals surface area contributed by atoms with Gasteiger partial charge in [0.2, 0.25) is 0 Å². The summed E-state index contributed by atoms with van der Waals surface area (Å²) in [4.78, 5) is 11.6. The normalized spacial score (nSPS) is 10.3. The molecule has 2 nitrogen and oxygen atoms in total. The lowest BCUT2D eigenvalue weighted by atomic mass is 10.1. The first-order valence-electron chi connectivity index (χ1n) is 5.41. The van der Waals surface area contributed by atoms with Crippen molar-refractivity contribution < 1.29 is 9.53 Å². The van der Waals surface area contributed by atoms with Gasteiger partial charge in [-0.15, -0.1) is 0 Å². The quantitative estimate of drug-likeness (QED) is 0.528. The fourth-order valence-electron chi connectivity index (χ4n) is 1.31. The maximum atomic E-state index is 11.6. The van der Waals surface area contributed by atoms with E-state index in [1.807, 2.05) is 31.2 Å². The molecule has 1 aromatic rings. The molecule has 0 amide bonds. The van der Waals surface area contributed by atoms with Crippen LogP contribution in [-0.2, 0) is 4.74 Å². The maximum Gasteiger partial charge on any atom is 0.188 e. The third-order valence-corrected chi connectivity index (χ3v) is 2.22. The van der Waals surface area contributed by atoms with E-state index in [0.29, 0.717) is 6.61 Å². The highest BCUT2D eigenvalue weighted by atomic mass is 16.5. The van der Waals surface area contributed by atoms with Crippen LogP contribution in [0.1, 0.15) is 35.7 Å². The minimum Gasteiger partial charge on any atom is -0.373 e. The third-order valence-electron chi connectivity index (χ3n) is 2.22. The molecule has 0 radical (unpaired) electrons. The lowest BCUT2D eigenvalue weighted by Crippen LogP contribution is -2.09. The van der Waals surface area contributed by atoms with E-state index in [1.54, 1.807) is 0 Å². The molecule has 15 heavy (non-hydrogen) atoms. The Kier molecular flexibility index (Phi) is 5.05. The van der Waals surface area contributed by atoms with Gasteiger partial charge in [-0.25, -0.2) is 0 Å². The van der Waals surface area contributed by atoms with Gasteiger partial charge in [-0.05, 0) is 19.4 Å². The number of unbranched alkanes of at least 4 members (excludes halogenated alkanes) is 1. The maximum absolute atomic E-state index is 11.6.